The number of carbonyl (C=O) groups excluding carboxylic acids is 2. The second kappa shape index (κ2) is 7.74. The Labute approximate surface area is 152 Å². The summed E-state index contributed by atoms with van der Waals surface area (Å²) in [5.74, 6) is 0.480. The van der Waals surface area contributed by atoms with Crippen molar-refractivity contribution in [1.29, 1.82) is 0 Å². The number of nitrogens with zero attached hydrogens (tertiary/aromatic N) is 1. The van der Waals surface area contributed by atoms with E-state index in [9.17, 15) is 9.59 Å². The summed E-state index contributed by atoms with van der Waals surface area (Å²) in [7, 11) is 1.60. The molecule has 0 saturated carbocycles. The van der Waals surface area contributed by atoms with Gasteiger partial charge in [-0.15, -0.1) is 0 Å². The number of amides is 3. The van der Waals surface area contributed by atoms with Crippen molar-refractivity contribution in [3.63, 3.8) is 0 Å². The van der Waals surface area contributed by atoms with Crippen LogP contribution < -0.4 is 20.3 Å². The van der Waals surface area contributed by atoms with Gasteiger partial charge in [-0.2, -0.15) is 0 Å². The molecule has 1 fully saturated rings. The predicted octanol–water partition coefficient (Wildman–Crippen LogP) is 3.19. The van der Waals surface area contributed by atoms with Crippen LogP contribution in [0.15, 0.2) is 48.5 Å². The van der Waals surface area contributed by atoms with Crippen LogP contribution >= 0.6 is 0 Å². The zero-order valence-corrected chi connectivity index (χ0v) is 14.8. The molecule has 0 aliphatic carbocycles. The Morgan fingerprint density at radius 2 is 2.00 bits per heavy atom. The molecule has 2 aromatic carbocycles. The first-order valence-electron chi connectivity index (χ1n) is 8.36. The van der Waals surface area contributed by atoms with E-state index < -0.39 is 0 Å². The van der Waals surface area contributed by atoms with E-state index in [-0.39, 0.29) is 11.9 Å². The van der Waals surface area contributed by atoms with Gasteiger partial charge >= 0.3 is 6.03 Å². The van der Waals surface area contributed by atoms with E-state index in [1.165, 1.54) is 6.08 Å². The van der Waals surface area contributed by atoms with Crippen molar-refractivity contribution in [2.45, 2.75) is 6.92 Å². The van der Waals surface area contributed by atoms with Crippen molar-refractivity contribution in [2.24, 2.45) is 0 Å². The lowest BCUT2D eigenvalue weighted by Gasteiger charge is -2.14. The number of carbonyl (C=O) groups is 2. The topological polar surface area (TPSA) is 70.7 Å². The third-order valence-corrected chi connectivity index (χ3v) is 4.10. The summed E-state index contributed by atoms with van der Waals surface area (Å²) in [5.41, 5.74) is 3.41. The van der Waals surface area contributed by atoms with Crippen LogP contribution in [0.2, 0.25) is 0 Å². The number of rotatable bonds is 5. The fourth-order valence-electron chi connectivity index (χ4n) is 2.78. The van der Waals surface area contributed by atoms with Gasteiger partial charge in [-0.05, 0) is 49.4 Å². The molecule has 26 heavy (non-hydrogen) atoms. The van der Waals surface area contributed by atoms with E-state index in [2.05, 4.69) is 10.6 Å². The maximum Gasteiger partial charge on any atom is 0.321 e. The Bertz CT molecular complexity index is 844. The standard InChI is InChI=1S/C20H21N3O3/c1-14-3-9-18(26-2)15(13-14)4-10-19(24)22-16-5-7-17(8-6-16)23-12-11-21-20(23)25/h3-10,13H,11-12H2,1-2H3,(H,21,25)(H,22,24)/b10-4+. The van der Waals surface area contributed by atoms with E-state index in [0.29, 0.717) is 24.5 Å². The Morgan fingerprint density at radius 3 is 2.65 bits per heavy atom. The quantitative estimate of drug-likeness (QED) is 0.813. The first-order valence-corrected chi connectivity index (χ1v) is 8.36. The molecule has 2 aromatic rings. The highest BCUT2D eigenvalue weighted by Gasteiger charge is 2.20. The lowest BCUT2D eigenvalue weighted by molar-refractivity contribution is -0.111. The van der Waals surface area contributed by atoms with Gasteiger partial charge in [-0.3, -0.25) is 9.69 Å². The summed E-state index contributed by atoms with van der Waals surface area (Å²) in [6.45, 7) is 3.27. The minimum atomic E-state index is -0.236. The smallest absolute Gasteiger partial charge is 0.321 e. The summed E-state index contributed by atoms with van der Waals surface area (Å²) in [6.07, 6.45) is 3.20. The third-order valence-electron chi connectivity index (χ3n) is 4.10. The summed E-state index contributed by atoms with van der Waals surface area (Å²) < 4.78 is 5.30. The SMILES string of the molecule is COc1ccc(C)cc1/C=C/C(=O)Nc1ccc(N2CCNC2=O)cc1. The molecule has 1 heterocycles. The van der Waals surface area contributed by atoms with Crippen LogP contribution in [-0.4, -0.2) is 32.1 Å². The number of urea groups is 1. The molecule has 0 unspecified atom stereocenters. The number of anilines is 2. The maximum atomic E-state index is 12.2. The van der Waals surface area contributed by atoms with E-state index in [0.717, 1.165) is 16.8 Å². The number of ether oxygens (including phenoxy) is 1. The number of methoxy groups -OCH3 is 1. The molecule has 6 nitrogen and oxygen atoms in total. The fraction of sp³-hybridized carbons (Fsp3) is 0.200. The van der Waals surface area contributed by atoms with E-state index in [1.807, 2.05) is 37.3 Å². The summed E-state index contributed by atoms with van der Waals surface area (Å²) in [6, 6.07) is 12.9. The molecule has 3 amide bonds. The van der Waals surface area contributed by atoms with E-state index in [4.69, 9.17) is 4.74 Å². The number of aryl methyl sites for hydroxylation is 1. The maximum absolute atomic E-state index is 12.2. The van der Waals surface area contributed by atoms with E-state index in [1.54, 1.807) is 30.2 Å². The summed E-state index contributed by atoms with van der Waals surface area (Å²) in [4.78, 5) is 25.5. The van der Waals surface area contributed by atoms with E-state index >= 15 is 0 Å². The summed E-state index contributed by atoms with van der Waals surface area (Å²) >= 11 is 0. The highest BCUT2D eigenvalue weighted by molar-refractivity contribution is 6.02. The van der Waals surface area contributed by atoms with Crippen LogP contribution in [0.5, 0.6) is 5.75 Å². The molecule has 2 N–H and O–H groups in total. The molecule has 6 heteroatoms. The van der Waals surface area contributed by atoms with Crippen molar-refractivity contribution in [3.05, 3.63) is 59.7 Å². The van der Waals surface area contributed by atoms with Crippen molar-refractivity contribution in [1.82, 2.24) is 5.32 Å². The second-order valence-corrected chi connectivity index (χ2v) is 6.00. The first-order chi connectivity index (χ1) is 12.6. The molecule has 3 rings (SSSR count). The zero-order chi connectivity index (χ0) is 18.5. The van der Waals surface area contributed by atoms with Crippen LogP contribution in [0.1, 0.15) is 11.1 Å². The van der Waals surface area contributed by atoms with Crippen LogP contribution in [-0.2, 0) is 4.79 Å². The van der Waals surface area contributed by atoms with Gasteiger partial charge < -0.3 is 15.4 Å². The molecule has 1 saturated heterocycles. The Balaban J connectivity index is 1.65. The Hall–Kier alpha value is -3.28. The average molecular weight is 351 g/mol. The van der Waals surface area contributed by atoms with Gasteiger partial charge in [0.15, 0.2) is 0 Å². The van der Waals surface area contributed by atoms with Crippen LogP contribution in [0, 0.1) is 6.92 Å². The lowest BCUT2D eigenvalue weighted by Crippen LogP contribution is -2.27. The second-order valence-electron chi connectivity index (χ2n) is 6.00. The fourth-order valence-corrected chi connectivity index (χ4v) is 2.78. The normalized spacial score (nSPS) is 13.8. The van der Waals surface area contributed by atoms with Gasteiger partial charge in [-0.1, -0.05) is 11.6 Å². The third kappa shape index (κ3) is 4.03. The Morgan fingerprint density at radius 1 is 1.23 bits per heavy atom. The highest BCUT2D eigenvalue weighted by atomic mass is 16.5. The van der Waals surface area contributed by atoms with Crippen LogP contribution in [0.3, 0.4) is 0 Å². The molecule has 0 bridgehead atoms. The van der Waals surface area contributed by atoms with Gasteiger partial charge in [0, 0.05) is 36.1 Å². The predicted molar refractivity (Wildman–Crippen MR) is 103 cm³/mol. The molecule has 1 aliphatic rings. The largest absolute Gasteiger partial charge is 0.496 e. The molecule has 0 spiro atoms. The lowest BCUT2D eigenvalue weighted by atomic mass is 10.1. The zero-order valence-electron chi connectivity index (χ0n) is 14.8. The molecular weight excluding hydrogens is 330 g/mol. The number of benzene rings is 2. The van der Waals surface area contributed by atoms with Crippen molar-refractivity contribution in [2.75, 3.05) is 30.4 Å². The summed E-state index contributed by atoms with van der Waals surface area (Å²) in [5, 5.41) is 5.57. The first kappa shape index (κ1) is 17.5. The number of hydrogen-bond donors (Lipinski definition) is 2. The van der Waals surface area contributed by atoms with Crippen LogP contribution in [0.25, 0.3) is 6.08 Å². The van der Waals surface area contributed by atoms with Gasteiger partial charge in [0.05, 0.1) is 7.11 Å². The van der Waals surface area contributed by atoms with Gasteiger partial charge in [0.25, 0.3) is 0 Å². The van der Waals surface area contributed by atoms with Crippen molar-refractivity contribution in [3.8, 4) is 5.75 Å². The van der Waals surface area contributed by atoms with Gasteiger partial charge in [-0.25, -0.2) is 4.79 Å². The average Bonchev–Trinajstić information content (AvgIpc) is 3.07. The minimum Gasteiger partial charge on any atom is -0.496 e. The minimum absolute atomic E-state index is 0.100. The van der Waals surface area contributed by atoms with Gasteiger partial charge in [0.2, 0.25) is 5.91 Å². The van der Waals surface area contributed by atoms with Gasteiger partial charge in [0.1, 0.15) is 5.75 Å². The van der Waals surface area contributed by atoms with Crippen molar-refractivity contribution >= 4 is 29.4 Å². The molecule has 1 aliphatic heterocycles. The van der Waals surface area contributed by atoms with Crippen LogP contribution in [0.4, 0.5) is 16.2 Å². The van der Waals surface area contributed by atoms with Crippen molar-refractivity contribution < 1.29 is 14.3 Å². The molecule has 0 radical (unpaired) electrons. The Kier molecular flexibility index (Phi) is 5.22. The highest BCUT2D eigenvalue weighted by Crippen LogP contribution is 2.22. The molecule has 0 aromatic heterocycles. The number of hydrogen-bond acceptors (Lipinski definition) is 3. The molecule has 0 atom stereocenters. The molecule has 134 valence electrons. The molecular formula is C20H21N3O3. The number of nitrogens with one attached hydrogen (secondary N) is 2. The monoisotopic (exact) mass is 351 g/mol.